The van der Waals surface area contributed by atoms with Gasteiger partial charge in [0.25, 0.3) is 0 Å². The number of ether oxygens (including phenoxy) is 1. The third-order valence-corrected chi connectivity index (χ3v) is 15.8. The van der Waals surface area contributed by atoms with Crippen molar-refractivity contribution in [1.29, 1.82) is 0 Å². The highest BCUT2D eigenvalue weighted by atomic mass is 127. The van der Waals surface area contributed by atoms with Crippen molar-refractivity contribution in [2.45, 2.75) is 158 Å². The zero-order valence-corrected chi connectivity index (χ0v) is 43.8. The van der Waals surface area contributed by atoms with E-state index in [0.717, 1.165) is 57.8 Å². The van der Waals surface area contributed by atoms with Gasteiger partial charge in [-0.25, -0.2) is 0 Å². The molecule has 2 unspecified atom stereocenters. The van der Waals surface area contributed by atoms with Crippen LogP contribution in [-0.4, -0.2) is 94.5 Å². The van der Waals surface area contributed by atoms with E-state index < -0.39 is 47.4 Å². The molecule has 12 heteroatoms. The van der Waals surface area contributed by atoms with Gasteiger partial charge in [0.05, 0.1) is 10.8 Å². The van der Waals surface area contributed by atoms with Crippen molar-refractivity contribution in [3.8, 4) is 0 Å². The number of nitrogens with zero attached hydrogens (tertiary/aromatic N) is 3. The molecule has 10 nitrogen and oxygen atoms in total. The summed E-state index contributed by atoms with van der Waals surface area (Å²) >= 11 is 9.11. The first-order valence-electron chi connectivity index (χ1n) is 25.2. The molecule has 0 spiro atoms. The number of likely N-dealkylation sites (N-methyl/N-ethyl adjacent to an activating group) is 3. The molecular formula is C56H74ClIN4O6. The molecule has 6 rings (SSSR count). The molecule has 3 aromatic carbocycles. The number of allylic oxidation sites excluding steroid dienone is 2. The van der Waals surface area contributed by atoms with E-state index in [1.807, 2.05) is 83.3 Å². The van der Waals surface area contributed by atoms with Crippen LogP contribution in [0.3, 0.4) is 0 Å². The minimum Gasteiger partial charge on any atom is -0.444 e. The molecule has 3 aliphatic carbocycles. The molecule has 0 aromatic heterocycles. The summed E-state index contributed by atoms with van der Waals surface area (Å²) in [4.78, 5) is 76.1. The summed E-state index contributed by atoms with van der Waals surface area (Å²) < 4.78 is 7.10. The summed E-state index contributed by atoms with van der Waals surface area (Å²) in [7, 11) is 6.39. The van der Waals surface area contributed by atoms with Gasteiger partial charge in [-0.1, -0.05) is 196 Å². The number of hydrogen-bond acceptors (Lipinski definition) is 6. The van der Waals surface area contributed by atoms with E-state index in [-0.39, 0.29) is 28.1 Å². The predicted octanol–water partition coefficient (Wildman–Crippen LogP) is 11.3. The van der Waals surface area contributed by atoms with Crippen LogP contribution in [0.15, 0.2) is 91.0 Å². The Hall–Kier alpha value is -4.23. The lowest BCUT2D eigenvalue weighted by Crippen LogP contribution is -2.63. The fourth-order valence-electron chi connectivity index (χ4n) is 11.0. The maximum atomic E-state index is 15.1. The van der Waals surface area contributed by atoms with Gasteiger partial charge < -0.3 is 24.8 Å². The Labute approximate surface area is 424 Å². The van der Waals surface area contributed by atoms with Crippen LogP contribution in [0.2, 0.25) is 5.02 Å². The maximum absolute atomic E-state index is 15.1. The normalized spacial score (nSPS) is 20.4. The molecule has 0 saturated heterocycles. The number of alkyl halides is 1. The topological polar surface area (TPSA) is 116 Å². The SMILES string of the molecule is CN(C)C(=O)[C@H](CC(=O)OC(c1ccccc1)(c1ccc(C2/C=C\CCCCCCCCCCC2)cc1)c1ccccc1Cl)N(C)C(=O)[C@H](C1CCCC1)N(C)C(=O)C1(NC(=O)CI)CCCC1. The molecule has 4 amide bonds. The summed E-state index contributed by atoms with van der Waals surface area (Å²) in [5.74, 6) is -2.04. The molecule has 2 fully saturated rings. The van der Waals surface area contributed by atoms with Crippen molar-refractivity contribution in [2.24, 2.45) is 5.92 Å². The molecule has 0 heterocycles. The molecule has 2 saturated carbocycles. The molecular weight excluding hydrogens is 987 g/mol. The van der Waals surface area contributed by atoms with E-state index in [2.05, 4.69) is 29.6 Å². The van der Waals surface area contributed by atoms with Gasteiger partial charge in [0.2, 0.25) is 23.6 Å². The quantitative estimate of drug-likeness (QED) is 0.0533. The highest BCUT2D eigenvalue weighted by Crippen LogP contribution is 2.45. The largest absolute Gasteiger partial charge is 0.444 e. The number of halogens is 2. The summed E-state index contributed by atoms with van der Waals surface area (Å²) in [6.07, 6.45) is 23.6. The molecule has 0 aliphatic heterocycles. The summed E-state index contributed by atoms with van der Waals surface area (Å²) in [6, 6.07) is 23.1. The zero-order chi connectivity index (χ0) is 48.7. The van der Waals surface area contributed by atoms with E-state index >= 15 is 9.59 Å². The second-order valence-corrected chi connectivity index (χ2v) is 20.9. The van der Waals surface area contributed by atoms with Gasteiger partial charge in [-0.2, -0.15) is 0 Å². The van der Waals surface area contributed by atoms with Gasteiger partial charge in [-0.3, -0.25) is 24.0 Å². The van der Waals surface area contributed by atoms with E-state index in [9.17, 15) is 14.4 Å². The number of carbonyl (C=O) groups is 5. The molecule has 68 heavy (non-hydrogen) atoms. The van der Waals surface area contributed by atoms with Crippen molar-refractivity contribution >= 4 is 63.8 Å². The first-order chi connectivity index (χ1) is 32.8. The van der Waals surface area contributed by atoms with E-state index in [1.54, 1.807) is 34.3 Å². The standard InChI is InChI=1S/C56H74ClIN4O6/c1-60(2)52(65)48(61(3)53(66)51(43-27-19-20-28-43)62(4)54(67)55(37-23-24-38-55)59-49(63)40-58)39-50(64)68-56(44-29-17-14-18-30-44,46-31-21-22-32-47(46)57)45-35-33-42(34-36-45)41-25-15-12-10-8-6-5-7-9-11-13-16-26-41/h14-15,17-18,21-22,25,29-36,41,43,48,51H,5-13,16,19-20,23-24,26-28,37-40H2,1-4H3,(H,59,63)/b25-15-/t41?,48-,51-,56?/m0/s1. The van der Waals surface area contributed by atoms with Crippen LogP contribution in [0.25, 0.3) is 0 Å². The van der Waals surface area contributed by atoms with Crippen LogP contribution in [0.5, 0.6) is 0 Å². The van der Waals surface area contributed by atoms with E-state index in [4.69, 9.17) is 16.3 Å². The summed E-state index contributed by atoms with van der Waals surface area (Å²) in [6.45, 7) is 0. The molecule has 0 radical (unpaired) electrons. The Balaban J connectivity index is 1.35. The summed E-state index contributed by atoms with van der Waals surface area (Å²) in [5.41, 5.74) is 0.464. The van der Waals surface area contributed by atoms with Gasteiger partial charge in [0, 0.05) is 55.8 Å². The number of carbonyl (C=O) groups excluding carboxylic acids is 5. The second-order valence-electron chi connectivity index (χ2n) is 19.7. The molecule has 1 N–H and O–H groups in total. The molecule has 0 bridgehead atoms. The zero-order valence-electron chi connectivity index (χ0n) is 40.9. The van der Waals surface area contributed by atoms with Gasteiger partial charge in [-0.05, 0) is 62.5 Å². The van der Waals surface area contributed by atoms with Crippen LogP contribution in [0.4, 0.5) is 0 Å². The average molecular weight is 1060 g/mol. The highest BCUT2D eigenvalue weighted by Gasteiger charge is 2.50. The molecule has 4 atom stereocenters. The first kappa shape index (κ1) is 53.1. The second kappa shape index (κ2) is 25.6. The van der Waals surface area contributed by atoms with Gasteiger partial charge in [-0.15, -0.1) is 0 Å². The maximum Gasteiger partial charge on any atom is 0.310 e. The molecule has 368 valence electrons. The number of esters is 1. The Morgan fingerprint density at radius 3 is 1.90 bits per heavy atom. The van der Waals surface area contributed by atoms with E-state index in [0.29, 0.717) is 34.6 Å². The lowest BCUT2D eigenvalue weighted by atomic mass is 9.79. The molecule has 3 aliphatic rings. The number of nitrogens with one attached hydrogen (secondary N) is 1. The smallest absolute Gasteiger partial charge is 0.310 e. The van der Waals surface area contributed by atoms with Crippen LogP contribution in [-0.2, 0) is 34.3 Å². The predicted molar refractivity (Wildman–Crippen MR) is 280 cm³/mol. The van der Waals surface area contributed by atoms with Crippen molar-refractivity contribution in [2.75, 3.05) is 32.6 Å². The third-order valence-electron chi connectivity index (χ3n) is 14.8. The van der Waals surface area contributed by atoms with Gasteiger partial charge in [0.15, 0.2) is 5.60 Å². The van der Waals surface area contributed by atoms with Crippen LogP contribution < -0.4 is 5.32 Å². The Morgan fingerprint density at radius 1 is 0.706 bits per heavy atom. The van der Waals surface area contributed by atoms with Crippen molar-refractivity contribution in [3.63, 3.8) is 0 Å². The van der Waals surface area contributed by atoms with Crippen LogP contribution >= 0.6 is 34.2 Å². The first-order valence-corrected chi connectivity index (χ1v) is 27.1. The number of rotatable bonds is 15. The monoisotopic (exact) mass is 1060 g/mol. The third kappa shape index (κ3) is 12.9. The lowest BCUT2D eigenvalue weighted by molar-refractivity contribution is -0.161. The number of amides is 4. The van der Waals surface area contributed by atoms with Gasteiger partial charge in [0.1, 0.15) is 17.6 Å². The minimum atomic E-state index is -1.54. The number of hydrogen-bond donors (Lipinski definition) is 1. The fraction of sp³-hybridized carbons (Fsp3) is 0.554. The average Bonchev–Trinajstić information content (AvgIpc) is 4.07. The van der Waals surface area contributed by atoms with Crippen molar-refractivity contribution in [1.82, 2.24) is 20.0 Å². The van der Waals surface area contributed by atoms with Gasteiger partial charge >= 0.3 is 5.97 Å². The van der Waals surface area contributed by atoms with E-state index in [1.165, 1.54) is 71.6 Å². The van der Waals surface area contributed by atoms with Crippen LogP contribution in [0, 0.1) is 5.92 Å². The Bertz CT molecular complexity index is 2170. The van der Waals surface area contributed by atoms with Crippen molar-refractivity contribution < 1.29 is 28.7 Å². The Morgan fingerprint density at radius 2 is 1.28 bits per heavy atom. The summed E-state index contributed by atoms with van der Waals surface area (Å²) in [5, 5.41) is 3.42. The molecule has 3 aromatic rings. The highest BCUT2D eigenvalue weighted by molar-refractivity contribution is 14.1. The number of benzene rings is 3. The minimum absolute atomic E-state index is 0.163. The fourth-order valence-corrected chi connectivity index (χ4v) is 11.5. The van der Waals surface area contributed by atoms with Crippen LogP contribution in [0.1, 0.15) is 157 Å². The Kier molecular flexibility index (Phi) is 20.0. The lowest BCUT2D eigenvalue weighted by Gasteiger charge is -2.41. The van der Waals surface area contributed by atoms with Crippen molar-refractivity contribution in [3.05, 3.63) is 118 Å².